The molecule has 11 heteroatoms. The molecule has 3 aromatic heterocycles. The highest BCUT2D eigenvalue weighted by Crippen LogP contribution is 2.21. The Morgan fingerprint density at radius 1 is 1.13 bits per heavy atom. The quantitative estimate of drug-likeness (QED) is 0.403. The van der Waals surface area contributed by atoms with Crippen LogP contribution in [0.15, 0.2) is 57.8 Å². The second-order valence-corrected chi connectivity index (χ2v) is 6.94. The van der Waals surface area contributed by atoms with Crippen LogP contribution in [0.3, 0.4) is 0 Å². The summed E-state index contributed by atoms with van der Waals surface area (Å²) in [6.45, 7) is 0. The highest BCUT2D eigenvalue weighted by Gasteiger charge is 2.18. The monoisotopic (exact) mass is 424 g/mol. The van der Waals surface area contributed by atoms with E-state index in [-0.39, 0.29) is 24.3 Å². The Balaban J connectivity index is 1.29. The fourth-order valence-corrected chi connectivity index (χ4v) is 3.20. The number of nitrogens with one attached hydrogen (secondary N) is 2. The maximum absolute atomic E-state index is 12.2. The van der Waals surface area contributed by atoms with Crippen LogP contribution in [0.2, 0.25) is 0 Å². The van der Waals surface area contributed by atoms with Crippen molar-refractivity contribution in [3.8, 4) is 22.9 Å². The predicted octanol–water partition coefficient (Wildman–Crippen LogP) is 2.08. The van der Waals surface area contributed by atoms with Gasteiger partial charge in [-0.1, -0.05) is 18.2 Å². The van der Waals surface area contributed by atoms with Gasteiger partial charge >= 0.3 is 0 Å². The van der Waals surface area contributed by atoms with Crippen molar-refractivity contribution in [2.75, 3.05) is 0 Å². The van der Waals surface area contributed by atoms with Gasteiger partial charge in [0.15, 0.2) is 11.4 Å². The zero-order valence-electron chi connectivity index (χ0n) is 15.5. The second-order valence-electron chi connectivity index (χ2n) is 6.16. The SMILES string of the molecule is O=C(CCc1nnc(-c2ccsc2)o1)NNC(=O)c1nn(-c2ccccc2)cc1O. The number of hydrogen-bond donors (Lipinski definition) is 3. The summed E-state index contributed by atoms with van der Waals surface area (Å²) in [6.07, 6.45) is 1.55. The lowest BCUT2D eigenvalue weighted by Crippen LogP contribution is -2.42. The van der Waals surface area contributed by atoms with Gasteiger partial charge in [0.05, 0.1) is 11.9 Å². The Labute approximate surface area is 174 Å². The number of benzene rings is 1. The minimum atomic E-state index is -0.743. The van der Waals surface area contributed by atoms with Gasteiger partial charge in [0.1, 0.15) is 0 Å². The molecule has 0 saturated heterocycles. The first-order valence-electron chi connectivity index (χ1n) is 8.88. The minimum absolute atomic E-state index is 0.0238. The summed E-state index contributed by atoms with van der Waals surface area (Å²) in [5, 5.41) is 25.7. The van der Waals surface area contributed by atoms with Crippen LogP contribution in [0.1, 0.15) is 22.8 Å². The molecule has 0 aliphatic heterocycles. The molecule has 3 heterocycles. The van der Waals surface area contributed by atoms with E-state index in [0.29, 0.717) is 17.5 Å². The zero-order valence-corrected chi connectivity index (χ0v) is 16.3. The summed E-state index contributed by atoms with van der Waals surface area (Å²) in [7, 11) is 0. The van der Waals surface area contributed by atoms with E-state index < -0.39 is 11.8 Å². The third-order valence-electron chi connectivity index (χ3n) is 4.05. The normalized spacial score (nSPS) is 10.7. The van der Waals surface area contributed by atoms with Gasteiger partial charge in [-0.15, -0.1) is 10.2 Å². The molecule has 0 saturated carbocycles. The molecule has 0 fully saturated rings. The topological polar surface area (TPSA) is 135 Å². The molecule has 2 amide bonds. The highest BCUT2D eigenvalue weighted by molar-refractivity contribution is 7.08. The first-order chi connectivity index (χ1) is 14.6. The Kier molecular flexibility index (Phi) is 5.52. The maximum atomic E-state index is 12.2. The van der Waals surface area contributed by atoms with Crippen LogP contribution < -0.4 is 10.9 Å². The number of aromatic hydroxyl groups is 1. The van der Waals surface area contributed by atoms with Gasteiger partial charge in [0, 0.05) is 23.8 Å². The van der Waals surface area contributed by atoms with Crippen molar-refractivity contribution in [3.63, 3.8) is 0 Å². The number of hydrogen-bond acceptors (Lipinski definition) is 8. The van der Waals surface area contributed by atoms with Crippen LogP contribution >= 0.6 is 11.3 Å². The third-order valence-corrected chi connectivity index (χ3v) is 4.73. The van der Waals surface area contributed by atoms with Crippen LogP contribution in [0, 0.1) is 0 Å². The molecule has 30 heavy (non-hydrogen) atoms. The molecule has 0 bridgehead atoms. The molecule has 152 valence electrons. The number of carbonyl (C=O) groups excluding carboxylic acids is 2. The van der Waals surface area contributed by atoms with E-state index >= 15 is 0 Å². The fraction of sp³-hybridized carbons (Fsp3) is 0.105. The summed E-state index contributed by atoms with van der Waals surface area (Å²) < 4.78 is 6.87. The molecular formula is C19H16N6O4S. The maximum Gasteiger partial charge on any atom is 0.294 e. The molecule has 0 unspecified atom stereocenters. The van der Waals surface area contributed by atoms with Crippen LogP contribution in [-0.4, -0.2) is 36.9 Å². The molecule has 4 rings (SSSR count). The van der Waals surface area contributed by atoms with Gasteiger partial charge in [-0.3, -0.25) is 20.4 Å². The second kappa shape index (κ2) is 8.57. The predicted molar refractivity (Wildman–Crippen MR) is 107 cm³/mol. The molecule has 0 spiro atoms. The van der Waals surface area contributed by atoms with Crippen molar-refractivity contribution < 1.29 is 19.1 Å². The van der Waals surface area contributed by atoms with E-state index in [1.807, 2.05) is 22.9 Å². The van der Waals surface area contributed by atoms with Gasteiger partial charge in [0.25, 0.3) is 5.91 Å². The van der Waals surface area contributed by atoms with Crippen LogP contribution in [0.25, 0.3) is 17.1 Å². The summed E-state index contributed by atoms with van der Waals surface area (Å²) >= 11 is 1.51. The van der Waals surface area contributed by atoms with Crippen LogP contribution in [-0.2, 0) is 11.2 Å². The lowest BCUT2D eigenvalue weighted by Gasteiger charge is -2.05. The Bertz CT molecular complexity index is 1150. The zero-order chi connectivity index (χ0) is 20.9. The van der Waals surface area contributed by atoms with Gasteiger partial charge in [0.2, 0.25) is 17.7 Å². The van der Waals surface area contributed by atoms with Crippen molar-refractivity contribution in [1.29, 1.82) is 0 Å². The lowest BCUT2D eigenvalue weighted by atomic mass is 10.3. The standard InChI is InChI=1S/C19H16N6O4S/c26-14-10-25(13-4-2-1-3-5-13)24-17(14)18(28)22-20-15(27)6-7-16-21-23-19(29-16)12-8-9-30-11-12/h1-5,8-11,26H,6-7H2,(H,20,27)(H,22,28). The van der Waals surface area contributed by atoms with Crippen molar-refractivity contribution >= 4 is 23.2 Å². The number of carbonyl (C=O) groups is 2. The molecular weight excluding hydrogens is 408 g/mol. The fourth-order valence-electron chi connectivity index (χ4n) is 2.57. The van der Waals surface area contributed by atoms with Crippen molar-refractivity contribution in [3.05, 3.63) is 64.9 Å². The van der Waals surface area contributed by atoms with E-state index in [4.69, 9.17) is 4.42 Å². The molecule has 0 aliphatic rings. The summed E-state index contributed by atoms with van der Waals surface area (Å²) in [6, 6.07) is 10.9. The number of aromatic nitrogens is 4. The Morgan fingerprint density at radius 3 is 2.73 bits per heavy atom. The van der Waals surface area contributed by atoms with Crippen molar-refractivity contribution in [2.45, 2.75) is 12.8 Å². The first-order valence-corrected chi connectivity index (χ1v) is 9.82. The number of aryl methyl sites for hydroxylation is 1. The summed E-state index contributed by atoms with van der Waals surface area (Å²) in [5.41, 5.74) is 5.79. The summed E-state index contributed by atoms with van der Waals surface area (Å²) in [5.74, 6) is -0.799. The molecule has 3 N–H and O–H groups in total. The number of nitrogens with zero attached hydrogens (tertiary/aromatic N) is 4. The molecule has 0 radical (unpaired) electrons. The largest absolute Gasteiger partial charge is 0.504 e. The highest BCUT2D eigenvalue weighted by atomic mass is 32.1. The van der Waals surface area contributed by atoms with Crippen LogP contribution in [0.5, 0.6) is 5.75 Å². The Morgan fingerprint density at radius 2 is 1.97 bits per heavy atom. The number of rotatable bonds is 6. The van der Waals surface area contributed by atoms with E-state index in [9.17, 15) is 14.7 Å². The van der Waals surface area contributed by atoms with Gasteiger partial charge in [-0.05, 0) is 23.6 Å². The molecule has 1 aromatic carbocycles. The minimum Gasteiger partial charge on any atom is -0.504 e. The number of amides is 2. The average Bonchev–Trinajstić information content (AvgIpc) is 3.51. The van der Waals surface area contributed by atoms with E-state index in [2.05, 4.69) is 26.1 Å². The van der Waals surface area contributed by atoms with E-state index in [0.717, 1.165) is 5.56 Å². The Hall–Kier alpha value is -3.99. The number of hydrazine groups is 1. The van der Waals surface area contributed by atoms with Crippen LogP contribution in [0.4, 0.5) is 0 Å². The van der Waals surface area contributed by atoms with Gasteiger partial charge < -0.3 is 9.52 Å². The first kappa shape index (κ1) is 19.3. The van der Waals surface area contributed by atoms with Gasteiger partial charge in [-0.2, -0.15) is 16.4 Å². The molecule has 4 aromatic rings. The van der Waals surface area contributed by atoms with E-state index in [1.54, 1.807) is 24.3 Å². The molecule has 0 aliphatic carbocycles. The third kappa shape index (κ3) is 4.36. The van der Waals surface area contributed by atoms with E-state index in [1.165, 1.54) is 22.2 Å². The average molecular weight is 424 g/mol. The lowest BCUT2D eigenvalue weighted by molar-refractivity contribution is -0.121. The number of para-hydroxylation sites is 1. The summed E-state index contributed by atoms with van der Waals surface area (Å²) in [4.78, 5) is 24.2. The van der Waals surface area contributed by atoms with Gasteiger partial charge in [-0.25, -0.2) is 4.68 Å². The number of thiophene rings is 1. The van der Waals surface area contributed by atoms with Crippen molar-refractivity contribution in [2.24, 2.45) is 0 Å². The molecule has 10 nitrogen and oxygen atoms in total. The molecule has 0 atom stereocenters. The van der Waals surface area contributed by atoms with Crippen molar-refractivity contribution in [1.82, 2.24) is 30.8 Å². The smallest absolute Gasteiger partial charge is 0.294 e.